The average Bonchev–Trinajstić information content (AvgIpc) is 2.39. The number of halogens is 1. The molecule has 100 valence electrons. The summed E-state index contributed by atoms with van der Waals surface area (Å²) < 4.78 is 5.16. The van der Waals surface area contributed by atoms with Crippen molar-refractivity contribution < 1.29 is 4.74 Å². The van der Waals surface area contributed by atoms with Crippen molar-refractivity contribution in [2.24, 2.45) is 5.92 Å². The molecule has 1 aliphatic rings. The summed E-state index contributed by atoms with van der Waals surface area (Å²) in [4.78, 5) is 0. The Bertz CT molecular complexity index is 394. The molecule has 0 aromatic heterocycles. The van der Waals surface area contributed by atoms with E-state index in [1.807, 2.05) is 18.2 Å². The molecular weight excluding hydrogens is 246 g/mol. The molecule has 0 spiro atoms. The predicted molar refractivity (Wildman–Crippen MR) is 77.7 cm³/mol. The Morgan fingerprint density at radius 1 is 1.39 bits per heavy atom. The summed E-state index contributed by atoms with van der Waals surface area (Å²) in [6, 6.07) is 6.51. The van der Waals surface area contributed by atoms with Gasteiger partial charge in [-0.2, -0.15) is 0 Å². The molecule has 0 amide bonds. The van der Waals surface area contributed by atoms with Crippen molar-refractivity contribution in [1.29, 1.82) is 0 Å². The summed E-state index contributed by atoms with van der Waals surface area (Å²) in [7, 11) is 1.64. The largest absolute Gasteiger partial charge is 0.495 e. The highest BCUT2D eigenvalue weighted by atomic mass is 35.5. The first-order valence-corrected chi connectivity index (χ1v) is 7.20. The summed E-state index contributed by atoms with van der Waals surface area (Å²) in [5, 5.41) is 4.27. The fourth-order valence-corrected chi connectivity index (χ4v) is 3.04. The average molecular weight is 268 g/mol. The molecule has 0 heterocycles. The van der Waals surface area contributed by atoms with Gasteiger partial charge < -0.3 is 10.1 Å². The minimum Gasteiger partial charge on any atom is -0.495 e. The number of methoxy groups -OCH3 is 1. The highest BCUT2D eigenvalue weighted by molar-refractivity contribution is 6.32. The second-order valence-electron chi connectivity index (χ2n) is 5.13. The van der Waals surface area contributed by atoms with Crippen LogP contribution in [-0.4, -0.2) is 13.2 Å². The van der Waals surface area contributed by atoms with E-state index in [0.717, 1.165) is 17.4 Å². The van der Waals surface area contributed by atoms with Gasteiger partial charge in [-0.3, -0.25) is 0 Å². The van der Waals surface area contributed by atoms with Gasteiger partial charge in [-0.05, 0) is 37.0 Å². The lowest BCUT2D eigenvalue weighted by Gasteiger charge is -2.30. The van der Waals surface area contributed by atoms with E-state index in [2.05, 4.69) is 12.2 Å². The zero-order valence-electron chi connectivity index (χ0n) is 11.2. The van der Waals surface area contributed by atoms with Crippen LogP contribution < -0.4 is 10.1 Å². The zero-order chi connectivity index (χ0) is 13.0. The molecule has 1 saturated carbocycles. The molecule has 18 heavy (non-hydrogen) atoms. The van der Waals surface area contributed by atoms with E-state index >= 15 is 0 Å². The predicted octanol–water partition coefficient (Wildman–Crippen LogP) is 4.73. The quantitative estimate of drug-likeness (QED) is 0.852. The van der Waals surface area contributed by atoms with Gasteiger partial charge in [0.2, 0.25) is 0 Å². The Morgan fingerprint density at radius 3 is 2.89 bits per heavy atom. The van der Waals surface area contributed by atoms with Crippen molar-refractivity contribution in [1.82, 2.24) is 0 Å². The van der Waals surface area contributed by atoms with E-state index in [4.69, 9.17) is 16.3 Å². The Balaban J connectivity index is 1.98. The van der Waals surface area contributed by atoms with Gasteiger partial charge in [0.15, 0.2) is 0 Å². The molecule has 1 aromatic rings. The van der Waals surface area contributed by atoms with Crippen LogP contribution in [0.4, 0.5) is 5.69 Å². The van der Waals surface area contributed by atoms with E-state index in [0.29, 0.717) is 11.1 Å². The zero-order valence-corrected chi connectivity index (χ0v) is 12.0. The molecule has 0 bridgehead atoms. The first-order valence-electron chi connectivity index (χ1n) is 6.83. The monoisotopic (exact) mass is 267 g/mol. The number of nitrogens with one attached hydrogen (secondary N) is 1. The fourth-order valence-electron chi connectivity index (χ4n) is 2.78. The molecular formula is C15H22ClNO. The Hall–Kier alpha value is -0.890. The van der Waals surface area contributed by atoms with Gasteiger partial charge in [-0.25, -0.2) is 0 Å². The van der Waals surface area contributed by atoms with Crippen molar-refractivity contribution in [3.63, 3.8) is 0 Å². The number of ether oxygens (including phenoxy) is 1. The molecule has 2 nitrogen and oxygen atoms in total. The molecule has 1 fully saturated rings. The molecule has 1 aromatic carbocycles. The lowest BCUT2D eigenvalue weighted by molar-refractivity contribution is 0.327. The third-order valence-corrected chi connectivity index (χ3v) is 4.18. The lowest BCUT2D eigenvalue weighted by atomic mass is 9.84. The van der Waals surface area contributed by atoms with Crippen molar-refractivity contribution in [3.05, 3.63) is 23.2 Å². The van der Waals surface area contributed by atoms with Crippen LogP contribution in [-0.2, 0) is 0 Å². The molecule has 2 atom stereocenters. The van der Waals surface area contributed by atoms with Crippen LogP contribution in [0.1, 0.15) is 39.0 Å². The van der Waals surface area contributed by atoms with Crippen molar-refractivity contribution in [2.75, 3.05) is 12.4 Å². The molecule has 2 unspecified atom stereocenters. The minimum absolute atomic E-state index is 0.591. The van der Waals surface area contributed by atoms with Crippen molar-refractivity contribution >= 4 is 17.3 Å². The lowest BCUT2D eigenvalue weighted by Crippen LogP contribution is -2.27. The Labute approximate surface area is 115 Å². The molecule has 0 saturated heterocycles. The van der Waals surface area contributed by atoms with Gasteiger partial charge in [0.1, 0.15) is 5.75 Å². The van der Waals surface area contributed by atoms with Gasteiger partial charge in [0, 0.05) is 11.7 Å². The molecule has 1 aliphatic carbocycles. The van der Waals surface area contributed by atoms with Crippen LogP contribution in [0.2, 0.25) is 5.02 Å². The standard InChI is InChI=1S/C15H22ClNO/c1-3-11-5-4-6-12(9-11)17-13-7-8-15(18-2)14(16)10-13/h7-8,10-12,17H,3-6,9H2,1-2H3. The molecule has 3 heteroatoms. The third kappa shape index (κ3) is 3.32. The Morgan fingerprint density at radius 2 is 2.22 bits per heavy atom. The van der Waals surface area contributed by atoms with Gasteiger partial charge >= 0.3 is 0 Å². The highest BCUT2D eigenvalue weighted by Gasteiger charge is 2.20. The van der Waals surface area contributed by atoms with Crippen LogP contribution in [0.3, 0.4) is 0 Å². The first kappa shape index (κ1) is 13.5. The van der Waals surface area contributed by atoms with Crippen molar-refractivity contribution in [2.45, 2.75) is 45.1 Å². The van der Waals surface area contributed by atoms with E-state index in [1.54, 1.807) is 7.11 Å². The van der Waals surface area contributed by atoms with Gasteiger partial charge in [-0.15, -0.1) is 0 Å². The van der Waals surface area contributed by atoms with Gasteiger partial charge in [0.25, 0.3) is 0 Å². The topological polar surface area (TPSA) is 21.3 Å². The third-order valence-electron chi connectivity index (χ3n) is 3.88. The van der Waals surface area contributed by atoms with Crippen LogP contribution in [0.25, 0.3) is 0 Å². The number of benzene rings is 1. The van der Waals surface area contributed by atoms with Crippen molar-refractivity contribution in [3.8, 4) is 5.75 Å². The van der Waals surface area contributed by atoms with Gasteiger partial charge in [0.05, 0.1) is 12.1 Å². The van der Waals surface area contributed by atoms with Crippen LogP contribution in [0, 0.1) is 5.92 Å². The second kappa shape index (κ2) is 6.33. The highest BCUT2D eigenvalue weighted by Crippen LogP contribution is 2.31. The summed E-state index contributed by atoms with van der Waals surface area (Å²) in [5.74, 6) is 1.61. The van der Waals surface area contributed by atoms with Crippen LogP contribution >= 0.6 is 11.6 Å². The van der Waals surface area contributed by atoms with E-state index < -0.39 is 0 Å². The molecule has 0 aliphatic heterocycles. The van der Waals surface area contributed by atoms with E-state index in [9.17, 15) is 0 Å². The normalized spacial score (nSPS) is 23.7. The van der Waals surface area contributed by atoms with E-state index in [1.165, 1.54) is 32.1 Å². The molecule has 2 rings (SSSR count). The number of hydrogen-bond donors (Lipinski definition) is 1. The summed E-state index contributed by atoms with van der Waals surface area (Å²) in [6.45, 7) is 2.29. The van der Waals surface area contributed by atoms with Crippen LogP contribution in [0.15, 0.2) is 18.2 Å². The summed E-state index contributed by atoms with van der Waals surface area (Å²) in [6.07, 6.45) is 6.56. The first-order chi connectivity index (χ1) is 8.72. The second-order valence-corrected chi connectivity index (χ2v) is 5.54. The number of hydrogen-bond acceptors (Lipinski definition) is 2. The Kier molecular flexibility index (Phi) is 4.76. The maximum absolute atomic E-state index is 6.14. The maximum atomic E-state index is 6.14. The number of anilines is 1. The SMILES string of the molecule is CCC1CCCC(Nc2ccc(OC)c(Cl)c2)C1. The maximum Gasteiger partial charge on any atom is 0.137 e. The number of rotatable bonds is 4. The molecule has 1 N–H and O–H groups in total. The fraction of sp³-hybridized carbons (Fsp3) is 0.600. The van der Waals surface area contributed by atoms with Gasteiger partial charge in [-0.1, -0.05) is 37.8 Å². The van der Waals surface area contributed by atoms with E-state index in [-0.39, 0.29) is 0 Å². The summed E-state index contributed by atoms with van der Waals surface area (Å²) in [5.41, 5.74) is 1.10. The van der Waals surface area contributed by atoms with Crippen LogP contribution in [0.5, 0.6) is 5.75 Å². The smallest absolute Gasteiger partial charge is 0.137 e. The summed E-state index contributed by atoms with van der Waals surface area (Å²) >= 11 is 6.14. The minimum atomic E-state index is 0.591. The molecule has 0 radical (unpaired) electrons.